The maximum atomic E-state index is 3.89. The average Bonchev–Trinajstić information content (AvgIpc) is 2.80. The van der Waals surface area contributed by atoms with Crippen molar-refractivity contribution >= 4 is 0 Å². The van der Waals surface area contributed by atoms with E-state index < -0.39 is 0 Å². The zero-order valence-corrected chi connectivity index (χ0v) is 14.5. The molecule has 0 N–H and O–H groups in total. The van der Waals surface area contributed by atoms with Gasteiger partial charge in [0, 0.05) is 14.1 Å². The van der Waals surface area contributed by atoms with Crippen LogP contribution in [-0.4, -0.2) is 23.9 Å². The van der Waals surface area contributed by atoms with Crippen molar-refractivity contribution in [3.8, 4) is 0 Å². The molecule has 0 aromatic rings. The Labute approximate surface area is 131 Å². The second-order valence-corrected chi connectivity index (χ2v) is 4.11. The SMILES string of the molecule is C=CC1=C(C=C)N(C)C2=C(C=CCC=C2)N1C.CC.CC. The van der Waals surface area contributed by atoms with Crippen molar-refractivity contribution in [3.05, 3.63) is 72.4 Å². The third kappa shape index (κ3) is 4.01. The van der Waals surface area contributed by atoms with Crippen LogP contribution in [0.15, 0.2) is 72.4 Å². The molecule has 2 nitrogen and oxygen atoms in total. The fraction of sp³-hybridized carbons (Fsp3) is 0.368. The van der Waals surface area contributed by atoms with E-state index in [1.807, 2.05) is 39.8 Å². The normalized spacial score (nSPS) is 16.3. The number of hydrogen-bond acceptors (Lipinski definition) is 2. The molecule has 0 saturated carbocycles. The molecular formula is C19H30N2. The van der Waals surface area contributed by atoms with E-state index in [0.717, 1.165) is 17.8 Å². The molecule has 116 valence electrons. The fourth-order valence-electron chi connectivity index (χ4n) is 2.26. The first-order chi connectivity index (χ1) is 10.2. The van der Waals surface area contributed by atoms with E-state index in [0.29, 0.717) is 0 Å². The first kappa shape index (κ1) is 19.0. The Morgan fingerprint density at radius 3 is 1.43 bits per heavy atom. The van der Waals surface area contributed by atoms with Gasteiger partial charge in [-0.2, -0.15) is 0 Å². The molecule has 0 aromatic carbocycles. The number of hydrogen-bond donors (Lipinski definition) is 0. The molecule has 2 rings (SSSR count). The lowest BCUT2D eigenvalue weighted by molar-refractivity contribution is 0.428. The van der Waals surface area contributed by atoms with Gasteiger partial charge in [-0.3, -0.25) is 0 Å². The van der Waals surface area contributed by atoms with Gasteiger partial charge in [-0.15, -0.1) is 0 Å². The Morgan fingerprint density at radius 1 is 0.810 bits per heavy atom. The van der Waals surface area contributed by atoms with Crippen LogP contribution in [0.2, 0.25) is 0 Å². The summed E-state index contributed by atoms with van der Waals surface area (Å²) in [5.74, 6) is 0. The van der Waals surface area contributed by atoms with Gasteiger partial charge in [-0.05, 0) is 30.7 Å². The monoisotopic (exact) mass is 286 g/mol. The van der Waals surface area contributed by atoms with Gasteiger partial charge in [0.05, 0.1) is 22.8 Å². The average molecular weight is 286 g/mol. The highest BCUT2D eigenvalue weighted by atomic mass is 15.2. The van der Waals surface area contributed by atoms with Crippen molar-refractivity contribution in [2.75, 3.05) is 14.1 Å². The molecule has 0 aromatic heterocycles. The summed E-state index contributed by atoms with van der Waals surface area (Å²) >= 11 is 0. The minimum atomic E-state index is 0.974. The maximum Gasteiger partial charge on any atom is 0.0646 e. The number of likely N-dealkylation sites (N-methyl/N-ethyl adjacent to an activating group) is 2. The van der Waals surface area contributed by atoms with Gasteiger partial charge in [0.25, 0.3) is 0 Å². The van der Waals surface area contributed by atoms with E-state index in [-0.39, 0.29) is 0 Å². The van der Waals surface area contributed by atoms with Crippen LogP contribution in [0.3, 0.4) is 0 Å². The molecule has 0 bridgehead atoms. The van der Waals surface area contributed by atoms with E-state index in [9.17, 15) is 0 Å². The molecule has 21 heavy (non-hydrogen) atoms. The van der Waals surface area contributed by atoms with Crippen LogP contribution >= 0.6 is 0 Å². The summed E-state index contributed by atoms with van der Waals surface area (Å²) in [5, 5.41) is 0. The molecule has 0 fully saturated rings. The predicted octanol–water partition coefficient (Wildman–Crippen LogP) is 5.23. The maximum absolute atomic E-state index is 3.89. The molecule has 0 radical (unpaired) electrons. The topological polar surface area (TPSA) is 6.48 Å². The number of nitrogens with zero attached hydrogens (tertiary/aromatic N) is 2. The summed E-state index contributed by atoms with van der Waals surface area (Å²) in [6.45, 7) is 15.8. The Bertz CT molecular complexity index is 434. The highest BCUT2D eigenvalue weighted by Crippen LogP contribution is 2.32. The van der Waals surface area contributed by atoms with Gasteiger partial charge in [0.15, 0.2) is 0 Å². The van der Waals surface area contributed by atoms with Crippen LogP contribution in [-0.2, 0) is 0 Å². The number of allylic oxidation sites excluding steroid dienone is 6. The Balaban J connectivity index is 0.000000921. The third-order valence-corrected chi connectivity index (χ3v) is 3.18. The number of rotatable bonds is 2. The van der Waals surface area contributed by atoms with E-state index >= 15 is 0 Å². The van der Waals surface area contributed by atoms with Gasteiger partial charge in [0.1, 0.15) is 0 Å². The second kappa shape index (κ2) is 9.87. The minimum absolute atomic E-state index is 0.974. The summed E-state index contributed by atoms with van der Waals surface area (Å²) in [7, 11) is 4.12. The van der Waals surface area contributed by atoms with Crippen molar-refractivity contribution in [2.24, 2.45) is 0 Å². The lowest BCUT2D eigenvalue weighted by Crippen LogP contribution is -2.31. The lowest BCUT2D eigenvalue weighted by Gasteiger charge is -2.36. The minimum Gasteiger partial charge on any atom is -0.341 e. The van der Waals surface area contributed by atoms with E-state index in [1.54, 1.807) is 0 Å². The van der Waals surface area contributed by atoms with Gasteiger partial charge in [-0.1, -0.05) is 53.0 Å². The Morgan fingerprint density at radius 2 is 1.14 bits per heavy atom. The first-order valence-corrected chi connectivity index (χ1v) is 7.74. The van der Waals surface area contributed by atoms with Crippen LogP contribution in [0.5, 0.6) is 0 Å². The van der Waals surface area contributed by atoms with Gasteiger partial charge < -0.3 is 9.80 Å². The summed E-state index contributed by atoms with van der Waals surface area (Å²) in [5.41, 5.74) is 4.56. The molecule has 0 unspecified atom stereocenters. The Hall–Kier alpha value is -1.96. The summed E-state index contributed by atoms with van der Waals surface area (Å²) in [4.78, 5) is 4.32. The summed E-state index contributed by atoms with van der Waals surface area (Å²) in [6.07, 6.45) is 13.4. The largest absolute Gasteiger partial charge is 0.341 e. The molecule has 0 amide bonds. The van der Waals surface area contributed by atoms with E-state index in [2.05, 4.69) is 61.4 Å². The van der Waals surface area contributed by atoms with Crippen LogP contribution < -0.4 is 0 Å². The van der Waals surface area contributed by atoms with Gasteiger partial charge in [-0.25, -0.2) is 0 Å². The predicted molar refractivity (Wildman–Crippen MR) is 95.6 cm³/mol. The molecule has 0 spiro atoms. The Kier molecular flexibility index (Phi) is 8.95. The fourth-order valence-corrected chi connectivity index (χ4v) is 2.26. The van der Waals surface area contributed by atoms with Crippen molar-refractivity contribution in [1.29, 1.82) is 0 Å². The van der Waals surface area contributed by atoms with Crippen LogP contribution in [0.1, 0.15) is 34.1 Å². The van der Waals surface area contributed by atoms with Crippen molar-refractivity contribution in [1.82, 2.24) is 9.80 Å². The van der Waals surface area contributed by atoms with Crippen LogP contribution in [0.25, 0.3) is 0 Å². The summed E-state index contributed by atoms with van der Waals surface area (Å²) < 4.78 is 0. The zero-order valence-electron chi connectivity index (χ0n) is 14.5. The van der Waals surface area contributed by atoms with E-state index in [1.165, 1.54) is 11.4 Å². The highest BCUT2D eigenvalue weighted by Gasteiger charge is 2.23. The smallest absolute Gasteiger partial charge is 0.0646 e. The molecule has 0 saturated heterocycles. The third-order valence-electron chi connectivity index (χ3n) is 3.18. The van der Waals surface area contributed by atoms with Crippen molar-refractivity contribution in [3.63, 3.8) is 0 Å². The molecular weight excluding hydrogens is 256 g/mol. The van der Waals surface area contributed by atoms with E-state index in [4.69, 9.17) is 0 Å². The second-order valence-electron chi connectivity index (χ2n) is 4.11. The van der Waals surface area contributed by atoms with Crippen LogP contribution in [0.4, 0.5) is 0 Å². The molecule has 2 aliphatic rings. The lowest BCUT2D eigenvalue weighted by atomic mass is 10.1. The summed E-state index contributed by atoms with van der Waals surface area (Å²) in [6, 6.07) is 0. The standard InChI is InChI=1S/C15H18N2.2C2H6/c1-5-12-13(6-2)17(4)15-11-9-7-8-10-14(15)16(12)3;2*1-2/h5-6,8-11H,1-2,7H2,3-4H3;2*1-2H3. The van der Waals surface area contributed by atoms with Gasteiger partial charge in [0.2, 0.25) is 0 Å². The molecule has 0 atom stereocenters. The highest BCUT2D eigenvalue weighted by molar-refractivity contribution is 5.47. The van der Waals surface area contributed by atoms with Crippen molar-refractivity contribution < 1.29 is 0 Å². The van der Waals surface area contributed by atoms with Crippen molar-refractivity contribution in [2.45, 2.75) is 34.1 Å². The zero-order chi connectivity index (χ0) is 16.4. The first-order valence-electron chi connectivity index (χ1n) is 7.74. The molecule has 1 heterocycles. The molecule has 2 heteroatoms. The molecule has 1 aliphatic heterocycles. The van der Waals surface area contributed by atoms with Crippen LogP contribution in [0, 0.1) is 0 Å². The quantitative estimate of drug-likeness (QED) is 0.686. The van der Waals surface area contributed by atoms with Gasteiger partial charge >= 0.3 is 0 Å². The molecule has 1 aliphatic carbocycles.